The molecular weight excluding hydrogens is 304 g/mol. The van der Waals surface area contributed by atoms with Crippen molar-refractivity contribution in [3.8, 4) is 0 Å². The van der Waals surface area contributed by atoms with Gasteiger partial charge >= 0.3 is 0 Å². The van der Waals surface area contributed by atoms with E-state index < -0.39 is 0 Å². The van der Waals surface area contributed by atoms with Crippen molar-refractivity contribution >= 4 is 21.8 Å². The Morgan fingerprint density at radius 3 is 2.74 bits per heavy atom. The van der Waals surface area contributed by atoms with Gasteiger partial charge in [-0.2, -0.15) is 0 Å². The fourth-order valence-corrected chi connectivity index (χ4v) is 1.99. The lowest BCUT2D eigenvalue weighted by molar-refractivity contribution is 0.0950. The predicted molar refractivity (Wildman–Crippen MR) is 79.0 cm³/mol. The van der Waals surface area contributed by atoms with Crippen molar-refractivity contribution in [2.24, 2.45) is 0 Å². The van der Waals surface area contributed by atoms with Crippen molar-refractivity contribution in [3.63, 3.8) is 0 Å². The summed E-state index contributed by atoms with van der Waals surface area (Å²) in [6.07, 6.45) is 3.53. The van der Waals surface area contributed by atoms with Gasteiger partial charge in [-0.25, -0.2) is 0 Å². The number of aromatic nitrogens is 1. The van der Waals surface area contributed by atoms with Crippen LogP contribution in [0.5, 0.6) is 0 Å². The van der Waals surface area contributed by atoms with E-state index in [1.165, 1.54) is 0 Å². The number of benzene rings is 1. The SMILES string of the molecule is Cc1cc(C(=O)NCc2cnccc2C)ccc1Br. The number of halogens is 1. The van der Waals surface area contributed by atoms with E-state index in [0.29, 0.717) is 12.1 Å². The molecule has 0 spiro atoms. The van der Waals surface area contributed by atoms with Crippen LogP contribution in [0, 0.1) is 13.8 Å². The Hall–Kier alpha value is -1.68. The molecule has 4 heteroatoms. The lowest BCUT2D eigenvalue weighted by Crippen LogP contribution is -2.23. The molecular formula is C15H15BrN2O. The number of aryl methyl sites for hydroxylation is 2. The summed E-state index contributed by atoms with van der Waals surface area (Å²) >= 11 is 3.42. The first-order valence-electron chi connectivity index (χ1n) is 6.02. The van der Waals surface area contributed by atoms with Crippen LogP contribution in [0.25, 0.3) is 0 Å². The number of hydrogen-bond donors (Lipinski definition) is 1. The summed E-state index contributed by atoms with van der Waals surface area (Å²) in [4.78, 5) is 16.1. The maximum atomic E-state index is 12.0. The molecule has 98 valence electrons. The molecule has 1 aromatic heterocycles. The highest BCUT2D eigenvalue weighted by Gasteiger charge is 2.07. The lowest BCUT2D eigenvalue weighted by atomic mass is 10.1. The molecule has 0 saturated heterocycles. The summed E-state index contributed by atoms with van der Waals surface area (Å²) in [5.41, 5.74) is 3.87. The molecule has 2 rings (SSSR count). The van der Waals surface area contributed by atoms with Gasteiger partial charge in [0.1, 0.15) is 0 Å². The van der Waals surface area contributed by atoms with Gasteiger partial charge < -0.3 is 5.32 Å². The highest BCUT2D eigenvalue weighted by atomic mass is 79.9. The Kier molecular flexibility index (Phi) is 4.32. The summed E-state index contributed by atoms with van der Waals surface area (Å²) in [6.45, 7) is 4.46. The maximum Gasteiger partial charge on any atom is 0.251 e. The maximum absolute atomic E-state index is 12.0. The molecule has 0 saturated carbocycles. The standard InChI is InChI=1S/C15H15BrN2O/c1-10-5-6-17-8-13(10)9-18-15(19)12-3-4-14(16)11(2)7-12/h3-8H,9H2,1-2H3,(H,18,19). The molecule has 1 heterocycles. The monoisotopic (exact) mass is 318 g/mol. The van der Waals surface area contributed by atoms with E-state index >= 15 is 0 Å². The summed E-state index contributed by atoms with van der Waals surface area (Å²) in [7, 11) is 0. The van der Waals surface area contributed by atoms with E-state index in [0.717, 1.165) is 21.2 Å². The van der Waals surface area contributed by atoms with Crippen LogP contribution in [0.15, 0.2) is 41.1 Å². The number of rotatable bonds is 3. The number of carbonyl (C=O) groups is 1. The average molecular weight is 319 g/mol. The lowest BCUT2D eigenvalue weighted by Gasteiger charge is -2.08. The van der Waals surface area contributed by atoms with Crippen LogP contribution in [-0.2, 0) is 6.54 Å². The second-order valence-electron chi connectivity index (χ2n) is 4.45. The van der Waals surface area contributed by atoms with E-state index in [1.54, 1.807) is 12.4 Å². The molecule has 0 radical (unpaired) electrons. The van der Waals surface area contributed by atoms with Crippen molar-refractivity contribution in [1.82, 2.24) is 10.3 Å². The van der Waals surface area contributed by atoms with Crippen molar-refractivity contribution in [2.45, 2.75) is 20.4 Å². The third-order valence-electron chi connectivity index (χ3n) is 3.01. The zero-order chi connectivity index (χ0) is 13.8. The second-order valence-corrected chi connectivity index (χ2v) is 5.30. The van der Waals surface area contributed by atoms with Crippen molar-refractivity contribution < 1.29 is 4.79 Å². The fourth-order valence-electron chi connectivity index (χ4n) is 1.75. The average Bonchev–Trinajstić information content (AvgIpc) is 2.40. The third-order valence-corrected chi connectivity index (χ3v) is 3.90. The molecule has 1 N–H and O–H groups in total. The molecule has 0 bridgehead atoms. The van der Waals surface area contributed by atoms with Crippen LogP contribution in [-0.4, -0.2) is 10.9 Å². The number of amides is 1. The summed E-state index contributed by atoms with van der Waals surface area (Å²) in [5.74, 6) is -0.0705. The van der Waals surface area contributed by atoms with E-state index in [-0.39, 0.29) is 5.91 Å². The number of nitrogens with one attached hydrogen (secondary N) is 1. The first-order chi connectivity index (χ1) is 9.08. The summed E-state index contributed by atoms with van der Waals surface area (Å²) in [5, 5.41) is 2.91. The first kappa shape index (κ1) is 13.7. The zero-order valence-corrected chi connectivity index (χ0v) is 12.5. The minimum Gasteiger partial charge on any atom is -0.348 e. The van der Waals surface area contributed by atoms with Crippen molar-refractivity contribution in [2.75, 3.05) is 0 Å². The Bertz CT molecular complexity index is 611. The minimum absolute atomic E-state index is 0.0705. The van der Waals surface area contributed by atoms with Gasteiger partial charge in [0.25, 0.3) is 5.91 Å². The Labute approximate surface area is 121 Å². The van der Waals surface area contributed by atoms with Gasteiger partial charge in [-0.05, 0) is 54.8 Å². The highest BCUT2D eigenvalue weighted by molar-refractivity contribution is 9.10. The van der Waals surface area contributed by atoms with Gasteiger partial charge in [-0.15, -0.1) is 0 Å². The number of hydrogen-bond acceptors (Lipinski definition) is 2. The van der Waals surface area contributed by atoms with E-state index in [2.05, 4.69) is 26.2 Å². The van der Waals surface area contributed by atoms with Crippen molar-refractivity contribution in [3.05, 3.63) is 63.4 Å². The molecule has 3 nitrogen and oxygen atoms in total. The molecule has 19 heavy (non-hydrogen) atoms. The largest absolute Gasteiger partial charge is 0.348 e. The number of carbonyl (C=O) groups excluding carboxylic acids is 1. The molecule has 2 aromatic rings. The Balaban J connectivity index is 2.05. The Morgan fingerprint density at radius 2 is 2.05 bits per heavy atom. The summed E-state index contributed by atoms with van der Waals surface area (Å²) < 4.78 is 1.01. The third kappa shape index (κ3) is 3.41. The van der Waals surface area contributed by atoms with E-state index in [1.807, 2.05) is 38.1 Å². The fraction of sp³-hybridized carbons (Fsp3) is 0.200. The van der Waals surface area contributed by atoms with Gasteiger partial charge in [0.05, 0.1) is 0 Å². The van der Waals surface area contributed by atoms with Gasteiger partial charge in [-0.3, -0.25) is 9.78 Å². The molecule has 1 aromatic carbocycles. The number of pyridine rings is 1. The molecule has 0 unspecified atom stereocenters. The topological polar surface area (TPSA) is 42.0 Å². The molecule has 0 atom stereocenters. The van der Waals surface area contributed by atoms with Gasteiger partial charge in [0.2, 0.25) is 0 Å². The van der Waals surface area contributed by atoms with E-state index in [4.69, 9.17) is 0 Å². The van der Waals surface area contributed by atoms with Crippen LogP contribution in [0.3, 0.4) is 0 Å². The highest BCUT2D eigenvalue weighted by Crippen LogP contribution is 2.17. The molecule has 0 aliphatic heterocycles. The molecule has 0 fully saturated rings. The van der Waals surface area contributed by atoms with Gasteiger partial charge in [0.15, 0.2) is 0 Å². The minimum atomic E-state index is -0.0705. The normalized spacial score (nSPS) is 10.3. The second kappa shape index (κ2) is 5.97. The van der Waals surface area contributed by atoms with Crippen LogP contribution in [0.2, 0.25) is 0 Å². The van der Waals surface area contributed by atoms with Crippen LogP contribution < -0.4 is 5.32 Å². The predicted octanol–water partition coefficient (Wildman–Crippen LogP) is 3.39. The Morgan fingerprint density at radius 1 is 1.26 bits per heavy atom. The van der Waals surface area contributed by atoms with Gasteiger partial charge in [0, 0.05) is 29.0 Å². The van der Waals surface area contributed by atoms with Crippen LogP contribution >= 0.6 is 15.9 Å². The zero-order valence-electron chi connectivity index (χ0n) is 10.9. The van der Waals surface area contributed by atoms with E-state index in [9.17, 15) is 4.79 Å². The van der Waals surface area contributed by atoms with Gasteiger partial charge in [-0.1, -0.05) is 15.9 Å². The van der Waals surface area contributed by atoms with Crippen LogP contribution in [0.1, 0.15) is 27.0 Å². The number of nitrogens with zero attached hydrogens (tertiary/aromatic N) is 1. The first-order valence-corrected chi connectivity index (χ1v) is 6.81. The van der Waals surface area contributed by atoms with Crippen LogP contribution in [0.4, 0.5) is 0 Å². The molecule has 0 aliphatic rings. The van der Waals surface area contributed by atoms with Crippen molar-refractivity contribution in [1.29, 1.82) is 0 Å². The summed E-state index contributed by atoms with van der Waals surface area (Å²) in [6, 6.07) is 7.50. The smallest absolute Gasteiger partial charge is 0.251 e. The molecule has 0 aliphatic carbocycles. The quantitative estimate of drug-likeness (QED) is 0.942. The molecule has 1 amide bonds.